The highest BCUT2D eigenvalue weighted by molar-refractivity contribution is 6.03. The molecule has 0 spiro atoms. The number of hydrazone groups is 1. The second-order valence-electron chi connectivity index (χ2n) is 5.38. The molecule has 0 radical (unpaired) electrons. The van der Waals surface area contributed by atoms with E-state index in [2.05, 4.69) is 15.8 Å². The number of amides is 2. The number of nitrogens with one attached hydrogen (secondary N) is 2. The first-order valence-electron chi connectivity index (χ1n) is 8.18. The Morgan fingerprint density at radius 1 is 1.12 bits per heavy atom. The lowest BCUT2D eigenvalue weighted by molar-refractivity contribution is -0.126. The fourth-order valence-electron chi connectivity index (χ4n) is 2.05. The molecule has 26 heavy (non-hydrogen) atoms. The molecule has 2 aromatic rings. The summed E-state index contributed by atoms with van der Waals surface area (Å²) < 4.78 is 19.0. The summed E-state index contributed by atoms with van der Waals surface area (Å²) in [6, 6.07) is 13.0. The molecule has 0 aliphatic heterocycles. The third kappa shape index (κ3) is 6.01. The maximum absolute atomic E-state index is 13.5. The van der Waals surface area contributed by atoms with E-state index in [0.717, 1.165) is 6.42 Å². The zero-order chi connectivity index (χ0) is 18.8. The molecule has 0 heterocycles. The Labute approximate surface area is 151 Å². The smallest absolute Gasteiger partial charge is 0.249 e. The average Bonchev–Trinajstić information content (AvgIpc) is 2.62. The monoisotopic (exact) mass is 357 g/mol. The first kappa shape index (κ1) is 19.1. The van der Waals surface area contributed by atoms with E-state index in [1.54, 1.807) is 18.2 Å². The van der Waals surface area contributed by atoms with Crippen molar-refractivity contribution in [3.8, 4) is 5.75 Å². The van der Waals surface area contributed by atoms with Gasteiger partial charge in [-0.3, -0.25) is 9.59 Å². The maximum Gasteiger partial charge on any atom is 0.249 e. The molecule has 136 valence electrons. The average molecular weight is 357 g/mol. The zero-order valence-electron chi connectivity index (χ0n) is 14.4. The molecule has 0 bridgehead atoms. The number of benzene rings is 2. The maximum atomic E-state index is 13.5. The van der Waals surface area contributed by atoms with Crippen LogP contribution in [0.2, 0.25) is 0 Å². The molecule has 2 rings (SSSR count). The number of hydrogen-bond donors (Lipinski definition) is 2. The summed E-state index contributed by atoms with van der Waals surface area (Å²) in [6.07, 6.45) is 1.84. The Morgan fingerprint density at radius 3 is 2.62 bits per heavy atom. The standard InChI is InChI=1S/C19H20FN3O3/c1-2-11-26-17-10-6-3-7-14(17)13-21-23-19(25)12-18(24)22-16-9-5-4-8-15(16)20/h3-10,13H,2,11-12H2,1H3,(H,22,24)(H,23,25). The van der Waals surface area contributed by atoms with Crippen LogP contribution in [0.3, 0.4) is 0 Å². The molecule has 6 nitrogen and oxygen atoms in total. The summed E-state index contributed by atoms with van der Waals surface area (Å²) in [6.45, 7) is 2.58. The van der Waals surface area contributed by atoms with E-state index in [4.69, 9.17) is 4.74 Å². The second-order valence-corrected chi connectivity index (χ2v) is 5.38. The van der Waals surface area contributed by atoms with Crippen LogP contribution in [0.15, 0.2) is 53.6 Å². The van der Waals surface area contributed by atoms with Crippen LogP contribution in [0.4, 0.5) is 10.1 Å². The normalized spacial score (nSPS) is 10.5. The van der Waals surface area contributed by atoms with Gasteiger partial charge in [0.05, 0.1) is 18.5 Å². The summed E-state index contributed by atoms with van der Waals surface area (Å²) in [5, 5.41) is 6.16. The first-order chi connectivity index (χ1) is 12.6. The van der Waals surface area contributed by atoms with Crippen molar-refractivity contribution >= 4 is 23.7 Å². The van der Waals surface area contributed by atoms with Crippen LogP contribution < -0.4 is 15.5 Å². The van der Waals surface area contributed by atoms with Crippen LogP contribution in [0.25, 0.3) is 0 Å². The molecule has 0 aliphatic carbocycles. The molecule has 2 N–H and O–H groups in total. The molecular formula is C19H20FN3O3. The number of anilines is 1. The summed E-state index contributed by atoms with van der Waals surface area (Å²) >= 11 is 0. The third-order valence-electron chi connectivity index (χ3n) is 3.24. The predicted molar refractivity (Wildman–Crippen MR) is 97.6 cm³/mol. The molecule has 0 aromatic heterocycles. The second kappa shape index (κ2) is 9.93. The van der Waals surface area contributed by atoms with Gasteiger partial charge >= 0.3 is 0 Å². The van der Waals surface area contributed by atoms with Gasteiger partial charge in [0.15, 0.2) is 0 Å². The number of carbonyl (C=O) groups excluding carboxylic acids is 2. The van der Waals surface area contributed by atoms with Crippen molar-refractivity contribution in [2.24, 2.45) is 5.10 Å². The van der Waals surface area contributed by atoms with Crippen LogP contribution in [-0.4, -0.2) is 24.6 Å². The van der Waals surface area contributed by atoms with Crippen molar-refractivity contribution < 1.29 is 18.7 Å². The molecule has 0 fully saturated rings. The zero-order valence-corrected chi connectivity index (χ0v) is 14.4. The molecule has 2 aromatic carbocycles. The van der Waals surface area contributed by atoms with Crippen molar-refractivity contribution in [1.82, 2.24) is 5.43 Å². The van der Waals surface area contributed by atoms with E-state index in [0.29, 0.717) is 17.9 Å². The molecule has 0 unspecified atom stereocenters. The summed E-state index contributed by atoms with van der Waals surface area (Å²) in [4.78, 5) is 23.5. The Morgan fingerprint density at radius 2 is 1.85 bits per heavy atom. The van der Waals surface area contributed by atoms with E-state index in [-0.39, 0.29) is 5.69 Å². The number of carbonyl (C=O) groups is 2. The van der Waals surface area contributed by atoms with Crippen LogP contribution in [0, 0.1) is 5.82 Å². The Kier molecular flexibility index (Phi) is 7.30. The fourth-order valence-corrected chi connectivity index (χ4v) is 2.05. The van der Waals surface area contributed by atoms with Gasteiger partial charge in [0.25, 0.3) is 0 Å². The van der Waals surface area contributed by atoms with Crippen molar-refractivity contribution in [2.45, 2.75) is 19.8 Å². The largest absolute Gasteiger partial charge is 0.493 e. The minimum atomic E-state index is -0.630. The lowest BCUT2D eigenvalue weighted by Crippen LogP contribution is -2.25. The van der Waals surface area contributed by atoms with Crippen LogP contribution in [0.1, 0.15) is 25.3 Å². The van der Waals surface area contributed by atoms with Gasteiger partial charge in [0.1, 0.15) is 18.0 Å². The minimum Gasteiger partial charge on any atom is -0.493 e. The summed E-state index contributed by atoms with van der Waals surface area (Å²) in [5.41, 5.74) is 3.00. The topological polar surface area (TPSA) is 79.8 Å². The molecular weight excluding hydrogens is 337 g/mol. The van der Waals surface area contributed by atoms with Crippen molar-refractivity contribution in [3.63, 3.8) is 0 Å². The highest BCUT2D eigenvalue weighted by Gasteiger charge is 2.11. The van der Waals surface area contributed by atoms with Crippen LogP contribution in [0.5, 0.6) is 5.75 Å². The number of rotatable bonds is 8. The van der Waals surface area contributed by atoms with E-state index in [9.17, 15) is 14.0 Å². The first-order valence-corrected chi connectivity index (χ1v) is 8.18. The Hall–Kier alpha value is -3.22. The van der Waals surface area contributed by atoms with E-state index >= 15 is 0 Å². The fraction of sp³-hybridized carbons (Fsp3) is 0.211. The van der Waals surface area contributed by atoms with Gasteiger partial charge < -0.3 is 10.1 Å². The summed E-state index contributed by atoms with van der Waals surface area (Å²) in [7, 11) is 0. The predicted octanol–water partition coefficient (Wildman–Crippen LogP) is 3.09. The van der Waals surface area contributed by atoms with Crippen LogP contribution >= 0.6 is 0 Å². The Balaban J connectivity index is 1.86. The van der Waals surface area contributed by atoms with Gasteiger partial charge in [-0.1, -0.05) is 31.2 Å². The quantitative estimate of drug-likeness (QED) is 0.433. The third-order valence-corrected chi connectivity index (χ3v) is 3.24. The Bertz CT molecular complexity index is 793. The minimum absolute atomic E-state index is 0.0239. The van der Waals surface area contributed by atoms with Crippen LogP contribution in [-0.2, 0) is 9.59 Å². The lowest BCUT2D eigenvalue weighted by atomic mass is 10.2. The number of para-hydroxylation sites is 2. The van der Waals surface area contributed by atoms with E-state index < -0.39 is 24.1 Å². The van der Waals surface area contributed by atoms with Gasteiger partial charge in [-0.05, 0) is 30.7 Å². The molecule has 7 heteroatoms. The van der Waals surface area contributed by atoms with Gasteiger partial charge in [0, 0.05) is 5.56 Å². The number of ether oxygens (including phenoxy) is 1. The molecule has 0 saturated heterocycles. The van der Waals surface area contributed by atoms with Gasteiger partial charge in [-0.25, -0.2) is 9.82 Å². The molecule has 0 saturated carbocycles. The highest BCUT2D eigenvalue weighted by atomic mass is 19.1. The molecule has 0 atom stereocenters. The summed E-state index contributed by atoms with van der Waals surface area (Å²) in [5.74, 6) is -1.15. The number of nitrogens with zero attached hydrogens (tertiary/aromatic N) is 1. The molecule has 0 aliphatic rings. The number of hydrogen-bond acceptors (Lipinski definition) is 4. The number of halogens is 1. The van der Waals surface area contributed by atoms with E-state index in [1.807, 2.05) is 19.1 Å². The van der Waals surface area contributed by atoms with Gasteiger partial charge in [-0.15, -0.1) is 0 Å². The van der Waals surface area contributed by atoms with E-state index in [1.165, 1.54) is 24.4 Å². The van der Waals surface area contributed by atoms with Crippen molar-refractivity contribution in [3.05, 3.63) is 59.9 Å². The van der Waals surface area contributed by atoms with Crippen molar-refractivity contribution in [1.29, 1.82) is 0 Å². The molecule has 2 amide bonds. The van der Waals surface area contributed by atoms with Gasteiger partial charge in [-0.2, -0.15) is 5.10 Å². The highest BCUT2D eigenvalue weighted by Crippen LogP contribution is 2.16. The SMILES string of the molecule is CCCOc1ccccc1C=NNC(=O)CC(=O)Nc1ccccc1F. The van der Waals surface area contributed by atoms with Crippen molar-refractivity contribution in [2.75, 3.05) is 11.9 Å². The lowest BCUT2D eigenvalue weighted by Gasteiger charge is -2.07. The van der Waals surface area contributed by atoms with Gasteiger partial charge in [0.2, 0.25) is 11.8 Å².